The van der Waals surface area contributed by atoms with E-state index in [9.17, 15) is 74.7 Å². The lowest BCUT2D eigenvalue weighted by Gasteiger charge is -2.37. The van der Waals surface area contributed by atoms with Crippen LogP contribution in [-0.2, 0) is 30.6 Å². The minimum absolute atomic E-state index is 0.0356. The van der Waals surface area contributed by atoms with E-state index in [1.54, 1.807) is 4.57 Å². The molecule has 4 aromatic carbocycles. The number of hydrogen-bond donors (Lipinski definition) is 0. The standard InChI is InChI=1S/C25H25F3N4O6.C20H23F3N4O3S.C14H12F3N3O5/c1-24(15-31-14-22(32(33)34)29-23(31)38-24)16-35-18-4-2-17(3-5-18)30-12-10-20(11-13-30)36-19-6-8-21(9-7-19)37-25(26,27)28;21-20(22,23)14-10-15-17(16(11-14)27(29)30)31-19(24-18(15)28)26-8-6-25(7-9-26)12-13-4-2-1-3-5-13;15-14(16,17)25-10-3-1-9(2-4-10)7-23-11-5-19-6-12(20(21)22)18-13(19)24-8-11/h2-9,14,20H,10-13,15-16H2,1H3;10-11,13H,1-9,12H2;1-4,6,11H,5,7-8H2/t24-;;11-/m1.0/s1. The minimum Gasteiger partial charge on any atom is -0.490 e. The van der Waals surface area contributed by atoms with Crippen molar-refractivity contribution in [2.24, 2.45) is 5.92 Å². The van der Waals surface area contributed by atoms with E-state index in [0.717, 1.165) is 68.5 Å². The number of piperazine rings is 1. The zero-order valence-corrected chi connectivity index (χ0v) is 50.7. The molecule has 0 unspecified atom stereocenters. The van der Waals surface area contributed by atoms with Gasteiger partial charge in [-0.25, -0.2) is 0 Å². The molecule has 7 aromatic rings. The van der Waals surface area contributed by atoms with Crippen molar-refractivity contribution in [3.05, 3.63) is 149 Å². The van der Waals surface area contributed by atoms with Gasteiger partial charge in [-0.3, -0.25) is 28.9 Å². The van der Waals surface area contributed by atoms with Crippen LogP contribution < -0.4 is 43.8 Å². The van der Waals surface area contributed by atoms with Crippen molar-refractivity contribution in [1.29, 1.82) is 0 Å². The molecule has 0 N–H and O–H groups in total. The zero-order chi connectivity index (χ0) is 67.1. The van der Waals surface area contributed by atoms with Gasteiger partial charge in [0, 0.05) is 80.4 Å². The molecule has 1 saturated carbocycles. The first kappa shape index (κ1) is 67.6. The third-order valence-corrected chi connectivity index (χ3v) is 16.9. The minimum atomic E-state index is -4.79. The van der Waals surface area contributed by atoms with E-state index in [1.165, 1.54) is 97.6 Å². The molecule has 2 saturated heterocycles. The number of nitro groups is 3. The molecule has 0 amide bonds. The third-order valence-electron chi connectivity index (χ3n) is 15.8. The zero-order valence-electron chi connectivity index (χ0n) is 49.8. The van der Waals surface area contributed by atoms with Gasteiger partial charge >= 0.3 is 42.6 Å². The lowest BCUT2D eigenvalue weighted by atomic mass is 9.89. The van der Waals surface area contributed by atoms with Gasteiger partial charge in [0.15, 0.2) is 10.7 Å². The maximum absolute atomic E-state index is 13.1. The molecular formula is C59H60F9N11O14S. The van der Waals surface area contributed by atoms with Gasteiger partial charge < -0.3 is 63.2 Å². The Kier molecular flexibility index (Phi) is 20.5. The molecule has 2 atom stereocenters. The van der Waals surface area contributed by atoms with Crippen LogP contribution in [0.5, 0.6) is 35.0 Å². The molecular weight excluding hydrogens is 1290 g/mol. The summed E-state index contributed by atoms with van der Waals surface area (Å²) in [6, 6.07) is 19.9. The number of ether oxygens (including phenoxy) is 7. The molecule has 35 heteroatoms. The van der Waals surface area contributed by atoms with Gasteiger partial charge in [-0.15, -0.1) is 26.3 Å². The number of rotatable bonds is 17. The predicted octanol–water partition coefficient (Wildman–Crippen LogP) is 11.9. The summed E-state index contributed by atoms with van der Waals surface area (Å²) in [5, 5.41) is 32.9. The molecule has 94 heavy (non-hydrogen) atoms. The average molecular weight is 1350 g/mol. The lowest BCUT2D eigenvalue weighted by Crippen LogP contribution is -2.48. The van der Waals surface area contributed by atoms with Crippen LogP contribution in [0, 0.1) is 36.3 Å². The Labute approximate surface area is 531 Å². The first-order valence-corrected chi connectivity index (χ1v) is 30.3. The SMILES string of the molecule is C[C@]1(COc2ccc(N3CCC(Oc4ccc(OC(F)(F)F)cc4)CC3)cc2)Cn2cc([N+](=O)[O-])nc2O1.O=[N+]([O-])c1cn2c(n1)OC[C@@H](OCc1ccc(OC(F)(F)F)cc1)C2.O=c1nc(N2CCN(CC3CCCCC3)CC2)sc2c([N+](=O)[O-])cc(C(F)(F)F)cc12. The Hall–Kier alpha value is -9.25. The highest BCUT2D eigenvalue weighted by Gasteiger charge is 2.42. The Morgan fingerprint density at radius 3 is 1.83 bits per heavy atom. The number of nitro benzene ring substituents is 1. The van der Waals surface area contributed by atoms with Gasteiger partial charge in [0.25, 0.3) is 11.2 Å². The van der Waals surface area contributed by atoms with Crippen LogP contribution in [0.15, 0.2) is 102 Å². The molecule has 3 aromatic heterocycles. The summed E-state index contributed by atoms with van der Waals surface area (Å²) in [7, 11) is 0. The number of benzene rings is 4. The third kappa shape index (κ3) is 18.1. The summed E-state index contributed by atoms with van der Waals surface area (Å²) in [6.07, 6.45) is -4.10. The van der Waals surface area contributed by atoms with Crippen molar-refractivity contribution in [3.63, 3.8) is 0 Å². The highest BCUT2D eigenvalue weighted by molar-refractivity contribution is 7.22. The van der Waals surface area contributed by atoms with E-state index < -0.39 is 56.1 Å². The summed E-state index contributed by atoms with van der Waals surface area (Å²) in [4.78, 5) is 61.5. The van der Waals surface area contributed by atoms with Crippen molar-refractivity contribution in [3.8, 4) is 35.0 Å². The van der Waals surface area contributed by atoms with Gasteiger partial charge in [0.1, 0.15) is 65.5 Å². The van der Waals surface area contributed by atoms with Crippen LogP contribution in [0.1, 0.15) is 63.0 Å². The molecule has 0 bridgehead atoms. The second-order valence-corrected chi connectivity index (χ2v) is 23.8. The molecule has 12 rings (SSSR count). The Morgan fingerprint density at radius 2 is 1.24 bits per heavy atom. The fourth-order valence-corrected chi connectivity index (χ4v) is 12.3. The number of hydrogen-bond acceptors (Lipinski definition) is 21. The van der Waals surface area contributed by atoms with Crippen LogP contribution in [0.2, 0.25) is 0 Å². The quantitative estimate of drug-likeness (QED) is 0.0465. The number of fused-ring (bicyclic) bond motifs is 3. The summed E-state index contributed by atoms with van der Waals surface area (Å²) < 4.78 is 152. The van der Waals surface area contributed by atoms with Gasteiger partial charge in [0.2, 0.25) is 0 Å². The van der Waals surface area contributed by atoms with E-state index in [4.69, 9.17) is 23.7 Å². The highest BCUT2D eigenvalue weighted by atomic mass is 32.1. The predicted molar refractivity (Wildman–Crippen MR) is 318 cm³/mol. The van der Waals surface area contributed by atoms with Crippen LogP contribution in [0.3, 0.4) is 0 Å². The van der Waals surface area contributed by atoms with Crippen LogP contribution in [0.25, 0.3) is 10.1 Å². The fourth-order valence-electron chi connectivity index (χ4n) is 11.2. The molecule has 0 radical (unpaired) electrons. The monoisotopic (exact) mass is 1350 g/mol. The molecule has 3 fully saturated rings. The first-order chi connectivity index (χ1) is 44.6. The average Bonchev–Trinajstić information content (AvgIpc) is 0.801. The molecule has 504 valence electrons. The van der Waals surface area contributed by atoms with Crippen molar-refractivity contribution in [2.75, 3.05) is 68.8 Å². The van der Waals surface area contributed by atoms with Crippen molar-refractivity contribution < 1.29 is 87.4 Å². The maximum Gasteiger partial charge on any atom is 0.573 e. The summed E-state index contributed by atoms with van der Waals surface area (Å²) in [5.41, 5.74) is -1.81. The van der Waals surface area contributed by atoms with E-state index in [0.29, 0.717) is 60.5 Å². The number of imidazole rings is 2. The first-order valence-electron chi connectivity index (χ1n) is 29.5. The topological polar surface area (TPSA) is 269 Å². The van der Waals surface area contributed by atoms with Crippen molar-refractivity contribution in [2.45, 2.75) is 108 Å². The van der Waals surface area contributed by atoms with E-state index in [2.05, 4.69) is 34.2 Å². The molecule has 4 aliphatic heterocycles. The van der Waals surface area contributed by atoms with E-state index in [-0.39, 0.29) is 77.3 Å². The number of aromatic nitrogens is 5. The Bertz CT molecular complexity index is 3810. The number of non-ortho nitro benzene ring substituents is 1. The molecule has 5 aliphatic rings. The molecule has 1 aliphatic carbocycles. The van der Waals surface area contributed by atoms with Crippen LogP contribution >= 0.6 is 11.3 Å². The maximum atomic E-state index is 13.1. The Morgan fingerprint density at radius 1 is 0.660 bits per heavy atom. The smallest absolute Gasteiger partial charge is 0.490 e. The number of piperidine rings is 1. The number of nitrogens with zero attached hydrogens (tertiary/aromatic N) is 11. The Balaban J connectivity index is 0.000000157. The second kappa shape index (κ2) is 28.5. The largest absolute Gasteiger partial charge is 0.573 e. The fraction of sp³-hybridized carbons (Fsp3) is 0.458. The van der Waals surface area contributed by atoms with Gasteiger partial charge in [-0.2, -0.15) is 18.2 Å². The molecule has 7 heterocycles. The van der Waals surface area contributed by atoms with Gasteiger partial charge in [0.05, 0.1) is 35.6 Å². The summed E-state index contributed by atoms with van der Waals surface area (Å²) in [5.74, 6) is 0.744. The van der Waals surface area contributed by atoms with Crippen LogP contribution in [-0.4, -0.2) is 133 Å². The highest BCUT2D eigenvalue weighted by Crippen LogP contribution is 2.40. The normalized spacial score (nSPS) is 18.7. The second-order valence-electron chi connectivity index (χ2n) is 22.9. The number of anilines is 2. The van der Waals surface area contributed by atoms with Gasteiger partial charge in [-0.05, 0) is 108 Å². The van der Waals surface area contributed by atoms with E-state index >= 15 is 0 Å². The van der Waals surface area contributed by atoms with Gasteiger partial charge in [-0.1, -0.05) is 42.7 Å². The number of halogens is 9. The lowest BCUT2D eigenvalue weighted by molar-refractivity contribution is -0.389. The van der Waals surface area contributed by atoms with E-state index in [1.807, 2.05) is 36.1 Å². The van der Waals surface area contributed by atoms with Crippen molar-refractivity contribution >= 4 is 49.6 Å². The van der Waals surface area contributed by atoms with Crippen molar-refractivity contribution in [1.82, 2.24) is 29.0 Å². The van der Waals surface area contributed by atoms with Crippen LogP contribution in [0.4, 0.5) is 67.7 Å². The molecule has 0 spiro atoms. The molecule has 25 nitrogen and oxygen atoms in total. The number of alkyl halides is 9. The summed E-state index contributed by atoms with van der Waals surface area (Å²) >= 11 is 0.906. The summed E-state index contributed by atoms with van der Waals surface area (Å²) in [6.45, 7) is 8.57.